The molecule has 3 aromatic carbocycles. The molecule has 5 heteroatoms. The van der Waals surface area contributed by atoms with Gasteiger partial charge in [-0.15, -0.1) is 0 Å². The van der Waals surface area contributed by atoms with Crippen molar-refractivity contribution >= 4 is 32.5 Å². The lowest BCUT2D eigenvalue weighted by atomic mass is 10.0. The Morgan fingerprint density at radius 1 is 0.897 bits per heavy atom. The zero-order valence-corrected chi connectivity index (χ0v) is 17.4. The van der Waals surface area contributed by atoms with Gasteiger partial charge in [-0.3, -0.25) is 4.79 Å². The van der Waals surface area contributed by atoms with E-state index in [9.17, 15) is 4.79 Å². The Hall–Kier alpha value is -3.05. The van der Waals surface area contributed by atoms with Crippen LogP contribution >= 0.6 is 15.9 Å². The van der Waals surface area contributed by atoms with Gasteiger partial charge in [0.1, 0.15) is 12.4 Å². The molecule has 0 atom stereocenters. The summed E-state index contributed by atoms with van der Waals surface area (Å²) >= 11 is 3.56. The van der Waals surface area contributed by atoms with E-state index in [1.165, 1.54) is 0 Å². The zero-order chi connectivity index (χ0) is 20.1. The van der Waals surface area contributed by atoms with E-state index in [2.05, 4.69) is 32.3 Å². The first kappa shape index (κ1) is 19.3. The molecule has 0 saturated carbocycles. The Morgan fingerprint density at radius 3 is 2.52 bits per heavy atom. The van der Waals surface area contributed by atoms with Crippen molar-refractivity contribution < 1.29 is 4.74 Å². The Balaban J connectivity index is 1.54. The molecule has 1 aromatic heterocycles. The van der Waals surface area contributed by atoms with Crippen LogP contribution in [0.3, 0.4) is 0 Å². The number of anilines is 1. The predicted molar refractivity (Wildman–Crippen MR) is 122 cm³/mol. The van der Waals surface area contributed by atoms with Crippen molar-refractivity contribution in [2.75, 3.05) is 11.9 Å². The van der Waals surface area contributed by atoms with E-state index in [0.29, 0.717) is 12.4 Å². The van der Waals surface area contributed by atoms with Crippen LogP contribution in [-0.2, 0) is 13.0 Å². The summed E-state index contributed by atoms with van der Waals surface area (Å²) in [6.07, 6.45) is 0.822. The van der Waals surface area contributed by atoms with Crippen LogP contribution < -0.4 is 15.6 Å². The number of rotatable bonds is 7. The maximum absolute atomic E-state index is 11.9. The second-order valence-corrected chi connectivity index (χ2v) is 7.62. The van der Waals surface area contributed by atoms with Crippen LogP contribution in [0.4, 0.5) is 5.69 Å². The summed E-state index contributed by atoms with van der Waals surface area (Å²) in [6.45, 7) is 1.23. The molecule has 0 amide bonds. The first-order valence-corrected chi connectivity index (χ1v) is 10.3. The molecular weight excluding hydrogens is 428 g/mol. The summed E-state index contributed by atoms with van der Waals surface area (Å²) in [4.78, 5) is 14.9. The van der Waals surface area contributed by atoms with Crippen LogP contribution in [0.2, 0.25) is 0 Å². The van der Waals surface area contributed by atoms with Crippen molar-refractivity contribution in [2.45, 2.75) is 13.0 Å². The molecule has 0 radical (unpaired) electrons. The fraction of sp³-hybridized carbons (Fsp3) is 0.125. The summed E-state index contributed by atoms with van der Waals surface area (Å²) in [5, 5.41) is 4.45. The van der Waals surface area contributed by atoms with Gasteiger partial charge in [-0.25, -0.2) is 0 Å². The van der Waals surface area contributed by atoms with Crippen molar-refractivity contribution in [1.82, 2.24) is 4.98 Å². The van der Waals surface area contributed by atoms with E-state index in [1.807, 2.05) is 66.7 Å². The third-order valence-electron chi connectivity index (χ3n) is 4.77. The first-order valence-electron chi connectivity index (χ1n) is 9.51. The fourth-order valence-corrected chi connectivity index (χ4v) is 3.72. The second-order valence-electron chi connectivity index (χ2n) is 6.76. The Labute approximate surface area is 177 Å². The molecule has 0 saturated heterocycles. The molecule has 0 aliphatic heterocycles. The fourth-order valence-electron chi connectivity index (χ4n) is 3.30. The van der Waals surface area contributed by atoms with Gasteiger partial charge in [-0.1, -0.05) is 48.5 Å². The maximum Gasteiger partial charge on any atom is 0.248 e. The molecule has 4 aromatic rings. The molecule has 0 aliphatic carbocycles. The summed E-state index contributed by atoms with van der Waals surface area (Å²) in [5.41, 5.74) is 3.91. The monoisotopic (exact) mass is 448 g/mol. The molecule has 0 bridgehead atoms. The number of fused-ring (bicyclic) bond motifs is 1. The van der Waals surface area contributed by atoms with E-state index in [-0.39, 0.29) is 5.56 Å². The molecule has 4 rings (SSSR count). The highest BCUT2D eigenvalue weighted by Crippen LogP contribution is 2.27. The van der Waals surface area contributed by atoms with Crippen LogP contribution in [0.25, 0.3) is 10.9 Å². The zero-order valence-electron chi connectivity index (χ0n) is 15.8. The van der Waals surface area contributed by atoms with Crippen molar-refractivity contribution in [3.63, 3.8) is 0 Å². The minimum absolute atomic E-state index is 0.134. The largest absolute Gasteiger partial charge is 0.487 e. The van der Waals surface area contributed by atoms with Crippen LogP contribution in [-0.4, -0.2) is 11.5 Å². The van der Waals surface area contributed by atoms with E-state index in [1.54, 1.807) is 6.07 Å². The van der Waals surface area contributed by atoms with E-state index < -0.39 is 0 Å². The number of ether oxygens (including phenoxy) is 1. The average molecular weight is 449 g/mol. The average Bonchev–Trinajstić information content (AvgIpc) is 2.75. The smallest absolute Gasteiger partial charge is 0.248 e. The Morgan fingerprint density at radius 2 is 1.69 bits per heavy atom. The molecule has 146 valence electrons. The van der Waals surface area contributed by atoms with Gasteiger partial charge in [0.15, 0.2) is 0 Å². The summed E-state index contributed by atoms with van der Waals surface area (Å²) in [6, 6.07) is 25.5. The second kappa shape index (κ2) is 8.97. The van der Waals surface area contributed by atoms with Gasteiger partial charge < -0.3 is 15.0 Å². The Bertz CT molecular complexity index is 1170. The SMILES string of the molecule is O=c1ccc2c(CCNc3ccccc3Br)ccc(OCc3ccccc3)c2[nH]1. The summed E-state index contributed by atoms with van der Waals surface area (Å²) < 4.78 is 7.05. The quantitative estimate of drug-likeness (QED) is 0.391. The predicted octanol–water partition coefficient (Wildman–Crippen LogP) is 5.52. The molecule has 1 heterocycles. The van der Waals surface area contributed by atoms with Gasteiger partial charge in [0.2, 0.25) is 5.56 Å². The van der Waals surface area contributed by atoms with Gasteiger partial charge in [0, 0.05) is 28.2 Å². The number of aromatic amines is 1. The third kappa shape index (κ3) is 4.69. The van der Waals surface area contributed by atoms with Crippen molar-refractivity contribution in [3.8, 4) is 5.75 Å². The number of aromatic nitrogens is 1. The summed E-state index contributed by atoms with van der Waals surface area (Å²) in [5.74, 6) is 0.684. The van der Waals surface area contributed by atoms with Crippen LogP contribution in [0.5, 0.6) is 5.75 Å². The number of H-pyrrole nitrogens is 1. The van der Waals surface area contributed by atoms with Gasteiger partial charge in [0.05, 0.1) is 5.52 Å². The number of halogens is 1. The van der Waals surface area contributed by atoms with E-state index >= 15 is 0 Å². The normalized spacial score (nSPS) is 10.8. The lowest BCUT2D eigenvalue weighted by Crippen LogP contribution is -2.08. The standard InChI is InChI=1S/C24H21BrN2O2/c25-20-8-4-5-9-21(20)26-15-14-18-10-12-22(24-19(18)11-13-23(28)27-24)29-16-17-6-2-1-3-7-17/h1-13,26H,14-16H2,(H,27,28). The van der Waals surface area contributed by atoms with Crippen molar-refractivity contribution in [1.29, 1.82) is 0 Å². The highest BCUT2D eigenvalue weighted by Gasteiger charge is 2.09. The minimum Gasteiger partial charge on any atom is -0.487 e. The van der Waals surface area contributed by atoms with Gasteiger partial charge in [0.25, 0.3) is 0 Å². The lowest BCUT2D eigenvalue weighted by molar-refractivity contribution is 0.309. The highest BCUT2D eigenvalue weighted by atomic mass is 79.9. The van der Waals surface area contributed by atoms with Crippen LogP contribution in [0.1, 0.15) is 11.1 Å². The molecular formula is C24H21BrN2O2. The van der Waals surface area contributed by atoms with Gasteiger partial charge in [-0.2, -0.15) is 0 Å². The molecule has 0 spiro atoms. The van der Waals surface area contributed by atoms with Gasteiger partial charge >= 0.3 is 0 Å². The molecule has 0 aliphatic rings. The molecule has 2 N–H and O–H groups in total. The molecule has 4 nitrogen and oxygen atoms in total. The number of benzene rings is 3. The molecule has 0 unspecified atom stereocenters. The number of nitrogens with one attached hydrogen (secondary N) is 2. The minimum atomic E-state index is -0.134. The van der Waals surface area contributed by atoms with E-state index in [0.717, 1.165) is 45.2 Å². The number of hydrogen-bond acceptors (Lipinski definition) is 3. The molecule has 29 heavy (non-hydrogen) atoms. The number of pyridine rings is 1. The van der Waals surface area contributed by atoms with Crippen LogP contribution in [0, 0.1) is 0 Å². The molecule has 0 fully saturated rings. The Kier molecular flexibility index (Phi) is 5.96. The van der Waals surface area contributed by atoms with Crippen molar-refractivity contribution in [2.24, 2.45) is 0 Å². The maximum atomic E-state index is 11.9. The third-order valence-corrected chi connectivity index (χ3v) is 5.46. The number of hydrogen-bond donors (Lipinski definition) is 2. The van der Waals surface area contributed by atoms with Crippen LogP contribution in [0.15, 0.2) is 88.1 Å². The highest BCUT2D eigenvalue weighted by molar-refractivity contribution is 9.10. The first-order chi connectivity index (χ1) is 14.2. The van der Waals surface area contributed by atoms with E-state index in [4.69, 9.17) is 4.74 Å². The number of para-hydroxylation sites is 1. The van der Waals surface area contributed by atoms with Crippen molar-refractivity contribution in [3.05, 3.63) is 105 Å². The topological polar surface area (TPSA) is 54.1 Å². The lowest BCUT2D eigenvalue weighted by Gasteiger charge is -2.13. The summed E-state index contributed by atoms with van der Waals surface area (Å²) in [7, 11) is 0. The van der Waals surface area contributed by atoms with Gasteiger partial charge in [-0.05, 0) is 57.7 Å².